The zero-order valence-electron chi connectivity index (χ0n) is 13.5. The van der Waals surface area contributed by atoms with Crippen LogP contribution in [0.3, 0.4) is 0 Å². The number of carbonyl (C=O) groups excluding carboxylic acids is 1. The Morgan fingerprint density at radius 2 is 2.08 bits per heavy atom. The standard InChI is InChI=1S/C17H20N2O3S2/c1-24(21,22)15-3-2-7-18-17(15)14-4-8-19(9-5-14)16(20)11-13-6-10-23-12-13/h2-3,6-7,10,12,14H,4-5,8-9,11H2,1H3. The molecule has 1 amide bonds. The first kappa shape index (κ1) is 17.1. The minimum Gasteiger partial charge on any atom is -0.342 e. The predicted molar refractivity (Wildman–Crippen MR) is 93.9 cm³/mol. The van der Waals surface area contributed by atoms with Crippen molar-refractivity contribution >= 4 is 27.1 Å². The fourth-order valence-electron chi connectivity index (χ4n) is 3.10. The van der Waals surface area contributed by atoms with Crippen molar-refractivity contribution in [1.82, 2.24) is 9.88 Å². The van der Waals surface area contributed by atoms with Gasteiger partial charge in [-0.3, -0.25) is 9.78 Å². The lowest BCUT2D eigenvalue weighted by molar-refractivity contribution is -0.131. The Morgan fingerprint density at radius 3 is 2.71 bits per heavy atom. The molecule has 0 radical (unpaired) electrons. The second-order valence-electron chi connectivity index (χ2n) is 6.12. The first-order chi connectivity index (χ1) is 11.4. The molecule has 0 aliphatic carbocycles. The van der Waals surface area contributed by atoms with Crippen molar-refractivity contribution in [1.29, 1.82) is 0 Å². The minimum atomic E-state index is -3.29. The Balaban J connectivity index is 1.67. The summed E-state index contributed by atoms with van der Waals surface area (Å²) in [7, 11) is -3.29. The molecule has 0 unspecified atom stereocenters. The molecule has 0 aromatic carbocycles. The van der Waals surface area contributed by atoms with Gasteiger partial charge in [-0.05, 0) is 47.4 Å². The molecule has 0 spiro atoms. The quantitative estimate of drug-likeness (QED) is 0.836. The van der Waals surface area contributed by atoms with Gasteiger partial charge in [0.1, 0.15) is 0 Å². The van der Waals surface area contributed by atoms with Crippen LogP contribution in [-0.2, 0) is 21.1 Å². The van der Waals surface area contributed by atoms with Gasteiger partial charge in [-0.15, -0.1) is 0 Å². The van der Waals surface area contributed by atoms with Crippen LogP contribution in [0.15, 0.2) is 40.1 Å². The van der Waals surface area contributed by atoms with E-state index >= 15 is 0 Å². The van der Waals surface area contributed by atoms with Crippen LogP contribution in [0.2, 0.25) is 0 Å². The maximum Gasteiger partial charge on any atom is 0.227 e. The molecule has 2 aromatic heterocycles. The maximum absolute atomic E-state index is 12.4. The molecule has 7 heteroatoms. The van der Waals surface area contributed by atoms with E-state index in [1.807, 2.05) is 21.7 Å². The Kier molecular flexibility index (Phi) is 5.01. The fourth-order valence-corrected chi connectivity index (χ4v) is 4.70. The predicted octanol–water partition coefficient (Wildman–Crippen LogP) is 2.50. The highest BCUT2D eigenvalue weighted by atomic mass is 32.2. The van der Waals surface area contributed by atoms with Crippen molar-refractivity contribution in [2.75, 3.05) is 19.3 Å². The summed E-state index contributed by atoms with van der Waals surface area (Å²) in [6.07, 6.45) is 4.78. The highest BCUT2D eigenvalue weighted by Crippen LogP contribution is 2.31. The van der Waals surface area contributed by atoms with Crippen molar-refractivity contribution in [2.45, 2.75) is 30.1 Å². The third-order valence-corrected chi connectivity index (χ3v) is 6.25. The first-order valence-corrected chi connectivity index (χ1v) is 10.7. The minimum absolute atomic E-state index is 0.0844. The molecule has 0 saturated carbocycles. The zero-order chi connectivity index (χ0) is 17.2. The highest BCUT2D eigenvalue weighted by molar-refractivity contribution is 7.90. The van der Waals surface area contributed by atoms with E-state index in [-0.39, 0.29) is 11.8 Å². The Bertz CT molecular complexity index is 808. The third-order valence-electron chi connectivity index (χ3n) is 4.37. The number of hydrogen-bond acceptors (Lipinski definition) is 5. The summed E-state index contributed by atoms with van der Waals surface area (Å²) < 4.78 is 23.9. The number of nitrogens with zero attached hydrogens (tertiary/aromatic N) is 2. The molecule has 0 atom stereocenters. The lowest BCUT2D eigenvalue weighted by Crippen LogP contribution is -2.39. The summed E-state index contributed by atoms with van der Waals surface area (Å²) >= 11 is 1.59. The number of amides is 1. The molecule has 1 saturated heterocycles. The van der Waals surface area contributed by atoms with Crippen LogP contribution in [0.25, 0.3) is 0 Å². The van der Waals surface area contributed by atoms with Gasteiger partial charge in [-0.25, -0.2) is 8.42 Å². The number of rotatable bonds is 4. The van der Waals surface area contributed by atoms with E-state index in [9.17, 15) is 13.2 Å². The molecule has 1 aliphatic heterocycles. The monoisotopic (exact) mass is 364 g/mol. The van der Waals surface area contributed by atoms with Gasteiger partial charge in [-0.2, -0.15) is 11.3 Å². The van der Waals surface area contributed by atoms with Gasteiger partial charge in [0.05, 0.1) is 17.0 Å². The lowest BCUT2D eigenvalue weighted by atomic mass is 9.92. The van der Waals surface area contributed by atoms with Crippen LogP contribution in [0.5, 0.6) is 0 Å². The number of thiophene rings is 1. The van der Waals surface area contributed by atoms with E-state index < -0.39 is 9.84 Å². The molecule has 1 aliphatic rings. The molecular formula is C17H20N2O3S2. The van der Waals surface area contributed by atoms with E-state index in [1.54, 1.807) is 29.7 Å². The van der Waals surface area contributed by atoms with Crippen LogP contribution in [-0.4, -0.2) is 43.6 Å². The summed E-state index contributed by atoms with van der Waals surface area (Å²) in [5.41, 5.74) is 1.70. The lowest BCUT2D eigenvalue weighted by Gasteiger charge is -2.32. The Hall–Kier alpha value is -1.73. The van der Waals surface area contributed by atoms with Gasteiger partial charge < -0.3 is 4.90 Å². The van der Waals surface area contributed by atoms with Crippen LogP contribution in [0.4, 0.5) is 0 Å². The van der Waals surface area contributed by atoms with Gasteiger partial charge in [0.25, 0.3) is 0 Å². The largest absolute Gasteiger partial charge is 0.342 e. The van der Waals surface area contributed by atoms with Crippen molar-refractivity contribution in [2.24, 2.45) is 0 Å². The van der Waals surface area contributed by atoms with Gasteiger partial charge >= 0.3 is 0 Å². The smallest absolute Gasteiger partial charge is 0.227 e. The topological polar surface area (TPSA) is 67.3 Å². The number of sulfone groups is 1. The summed E-state index contributed by atoms with van der Waals surface area (Å²) in [5, 5.41) is 3.97. The maximum atomic E-state index is 12.4. The van der Waals surface area contributed by atoms with Gasteiger partial charge in [0.2, 0.25) is 5.91 Å². The molecule has 2 aromatic rings. The van der Waals surface area contributed by atoms with E-state index in [2.05, 4.69) is 4.98 Å². The number of aromatic nitrogens is 1. The van der Waals surface area contributed by atoms with Crippen LogP contribution >= 0.6 is 11.3 Å². The molecule has 1 fully saturated rings. The normalized spacial score (nSPS) is 16.3. The molecule has 5 nitrogen and oxygen atoms in total. The second kappa shape index (κ2) is 7.03. The van der Waals surface area contributed by atoms with Gasteiger partial charge in [0.15, 0.2) is 9.84 Å². The van der Waals surface area contributed by atoms with E-state index in [0.29, 0.717) is 30.1 Å². The summed E-state index contributed by atoms with van der Waals surface area (Å²) in [4.78, 5) is 18.9. The van der Waals surface area contributed by atoms with Crippen molar-refractivity contribution in [3.63, 3.8) is 0 Å². The third kappa shape index (κ3) is 3.84. The molecule has 24 heavy (non-hydrogen) atoms. The SMILES string of the molecule is CS(=O)(=O)c1cccnc1C1CCN(C(=O)Cc2ccsc2)CC1. The summed E-state index contributed by atoms with van der Waals surface area (Å²) in [6.45, 7) is 1.29. The second-order valence-corrected chi connectivity index (χ2v) is 8.89. The average Bonchev–Trinajstić information content (AvgIpc) is 3.07. The van der Waals surface area contributed by atoms with Crippen molar-refractivity contribution in [3.05, 3.63) is 46.4 Å². The molecule has 0 bridgehead atoms. The van der Waals surface area contributed by atoms with Gasteiger partial charge in [0, 0.05) is 31.5 Å². The van der Waals surface area contributed by atoms with Crippen LogP contribution < -0.4 is 0 Å². The van der Waals surface area contributed by atoms with E-state index in [4.69, 9.17) is 0 Å². The van der Waals surface area contributed by atoms with Crippen LogP contribution in [0, 0.1) is 0 Å². The first-order valence-electron chi connectivity index (χ1n) is 7.89. The van der Waals surface area contributed by atoms with E-state index in [0.717, 1.165) is 18.4 Å². The van der Waals surface area contributed by atoms with E-state index in [1.165, 1.54) is 6.26 Å². The number of pyridine rings is 1. The average molecular weight is 364 g/mol. The van der Waals surface area contributed by atoms with Crippen molar-refractivity contribution in [3.8, 4) is 0 Å². The molecule has 3 rings (SSSR count). The Labute approximate surface area is 146 Å². The zero-order valence-corrected chi connectivity index (χ0v) is 15.1. The molecule has 0 N–H and O–H groups in total. The van der Waals surface area contributed by atoms with Crippen LogP contribution in [0.1, 0.15) is 30.0 Å². The number of carbonyl (C=O) groups is 1. The van der Waals surface area contributed by atoms with Gasteiger partial charge in [-0.1, -0.05) is 0 Å². The Morgan fingerprint density at radius 1 is 1.33 bits per heavy atom. The summed E-state index contributed by atoms with van der Waals surface area (Å²) in [6, 6.07) is 5.24. The number of hydrogen-bond donors (Lipinski definition) is 0. The summed E-state index contributed by atoms with van der Waals surface area (Å²) in [5.74, 6) is 0.220. The molecule has 3 heterocycles. The van der Waals surface area contributed by atoms with Crippen molar-refractivity contribution < 1.29 is 13.2 Å². The highest BCUT2D eigenvalue weighted by Gasteiger charge is 2.28. The number of piperidine rings is 1. The molecule has 128 valence electrons. The fraction of sp³-hybridized carbons (Fsp3) is 0.412. The molecular weight excluding hydrogens is 344 g/mol. The number of likely N-dealkylation sites (tertiary alicyclic amines) is 1.